The van der Waals surface area contributed by atoms with Crippen LogP contribution < -0.4 is 4.31 Å². The lowest BCUT2D eigenvalue weighted by Gasteiger charge is -2.32. The molecule has 1 atom stereocenters. The normalized spacial score (nSPS) is 18.3. The van der Waals surface area contributed by atoms with E-state index >= 15 is 0 Å². The number of sulfonamides is 1. The molecule has 0 saturated carbocycles. The molecule has 148 valence electrons. The van der Waals surface area contributed by atoms with Gasteiger partial charge in [-0.25, -0.2) is 12.6 Å². The van der Waals surface area contributed by atoms with Crippen LogP contribution in [0.5, 0.6) is 0 Å². The molecule has 0 aromatic heterocycles. The van der Waals surface area contributed by atoms with Crippen LogP contribution in [0.25, 0.3) is 3.58 Å². The van der Waals surface area contributed by atoms with Gasteiger partial charge in [-0.1, -0.05) is 60.2 Å². The minimum absolute atomic E-state index is 0.0486. The molecule has 0 fully saturated rings. The topological polar surface area (TPSA) is 54.5 Å². The van der Waals surface area contributed by atoms with Gasteiger partial charge < -0.3 is 0 Å². The zero-order valence-corrected chi connectivity index (χ0v) is 19.4. The van der Waals surface area contributed by atoms with Crippen LogP contribution in [0.1, 0.15) is 11.1 Å². The maximum absolute atomic E-state index is 13.5. The summed E-state index contributed by atoms with van der Waals surface area (Å²) in [6.45, 7) is 1.96. The standard InChI is InChI=1S/C22H18INO3S2/c1-16-11-13-18(14-12-16)29(26,27)24-15-21(22(23)17-7-3-2-4-8-17)28(25)20-10-6-5-9-19(20)24/h2-14H,15H2,1H3/b22-21+/t28-/m1/s1. The van der Waals surface area contributed by atoms with Gasteiger partial charge in [0.2, 0.25) is 0 Å². The number of nitrogens with zero attached hydrogens (tertiary/aromatic N) is 1. The van der Waals surface area contributed by atoms with Gasteiger partial charge in [-0.05, 0) is 59.3 Å². The highest BCUT2D eigenvalue weighted by Crippen LogP contribution is 2.40. The average Bonchev–Trinajstić information content (AvgIpc) is 2.74. The molecule has 4 rings (SSSR count). The summed E-state index contributed by atoms with van der Waals surface area (Å²) in [5.41, 5.74) is 2.37. The van der Waals surface area contributed by atoms with Crippen LogP contribution in [0, 0.1) is 6.92 Å². The molecule has 3 aromatic carbocycles. The number of halogens is 1. The molecule has 1 aliphatic rings. The Labute approximate surface area is 186 Å². The fraction of sp³-hybridized carbons (Fsp3) is 0.0909. The SMILES string of the molecule is Cc1ccc(S(=O)(=O)N2C/C(=C(\I)c3ccccc3)[S@](=O)c3ccccc32)cc1. The van der Waals surface area contributed by atoms with E-state index in [9.17, 15) is 12.6 Å². The number of para-hydroxylation sites is 1. The molecule has 0 aliphatic carbocycles. The smallest absolute Gasteiger partial charge is 0.260 e. The van der Waals surface area contributed by atoms with Crippen molar-refractivity contribution in [3.63, 3.8) is 0 Å². The molecule has 0 radical (unpaired) electrons. The summed E-state index contributed by atoms with van der Waals surface area (Å²) in [6.07, 6.45) is 0. The third-order valence-corrected chi connectivity index (χ3v) is 9.67. The van der Waals surface area contributed by atoms with Crippen LogP contribution >= 0.6 is 22.6 Å². The molecule has 0 unspecified atom stereocenters. The van der Waals surface area contributed by atoms with Gasteiger partial charge >= 0.3 is 0 Å². The highest BCUT2D eigenvalue weighted by atomic mass is 127. The zero-order chi connectivity index (χ0) is 20.6. The van der Waals surface area contributed by atoms with Gasteiger partial charge in [0.1, 0.15) is 0 Å². The first-order valence-corrected chi connectivity index (χ1v) is 12.6. The summed E-state index contributed by atoms with van der Waals surface area (Å²) in [5.74, 6) is 0. The quantitative estimate of drug-likeness (QED) is 0.438. The second-order valence-electron chi connectivity index (χ2n) is 6.66. The number of rotatable bonds is 3. The predicted molar refractivity (Wildman–Crippen MR) is 126 cm³/mol. The predicted octanol–water partition coefficient (Wildman–Crippen LogP) is 5.12. The van der Waals surface area contributed by atoms with Gasteiger partial charge in [-0.2, -0.15) is 0 Å². The molecule has 29 heavy (non-hydrogen) atoms. The molecule has 0 amide bonds. The number of anilines is 1. The second-order valence-corrected chi connectivity index (χ2v) is 11.1. The van der Waals surface area contributed by atoms with Crippen LogP contribution in [0.4, 0.5) is 5.69 Å². The largest absolute Gasteiger partial charge is 0.264 e. The Kier molecular flexibility index (Phi) is 5.63. The fourth-order valence-corrected chi connectivity index (χ4v) is 7.26. The van der Waals surface area contributed by atoms with E-state index in [0.717, 1.165) is 14.7 Å². The summed E-state index contributed by atoms with van der Waals surface area (Å²) in [5, 5.41) is 0. The third-order valence-electron chi connectivity index (χ3n) is 4.73. The minimum atomic E-state index is -3.80. The van der Waals surface area contributed by atoms with Crippen molar-refractivity contribution >= 4 is 52.7 Å². The Hall–Kier alpha value is -1.97. The summed E-state index contributed by atoms with van der Waals surface area (Å²) in [4.78, 5) is 1.32. The molecule has 3 aromatic rings. The number of benzene rings is 3. The Balaban J connectivity index is 1.89. The van der Waals surface area contributed by atoms with Crippen molar-refractivity contribution in [2.45, 2.75) is 16.7 Å². The van der Waals surface area contributed by atoms with E-state index in [4.69, 9.17) is 0 Å². The van der Waals surface area contributed by atoms with Gasteiger partial charge in [-0.15, -0.1) is 0 Å². The summed E-state index contributed by atoms with van der Waals surface area (Å²) < 4.78 is 42.4. The van der Waals surface area contributed by atoms with Gasteiger partial charge in [0.15, 0.2) is 0 Å². The molecule has 4 nitrogen and oxygen atoms in total. The Morgan fingerprint density at radius 2 is 1.55 bits per heavy atom. The van der Waals surface area contributed by atoms with Crippen LogP contribution in [0.2, 0.25) is 0 Å². The van der Waals surface area contributed by atoms with Gasteiger partial charge in [0.25, 0.3) is 10.0 Å². The summed E-state index contributed by atoms with van der Waals surface area (Å²) in [6, 6.07) is 23.4. The van der Waals surface area contributed by atoms with Crippen LogP contribution in [-0.2, 0) is 20.8 Å². The van der Waals surface area contributed by atoms with Crippen molar-refractivity contribution in [2.24, 2.45) is 0 Å². The lowest BCUT2D eigenvalue weighted by Crippen LogP contribution is -2.37. The Morgan fingerprint density at radius 3 is 2.24 bits per heavy atom. The first-order valence-electron chi connectivity index (χ1n) is 8.94. The zero-order valence-electron chi connectivity index (χ0n) is 15.6. The van der Waals surface area contributed by atoms with E-state index in [-0.39, 0.29) is 11.4 Å². The highest BCUT2D eigenvalue weighted by Gasteiger charge is 2.35. The van der Waals surface area contributed by atoms with Crippen LogP contribution in [-0.4, -0.2) is 19.2 Å². The lowest BCUT2D eigenvalue weighted by molar-refractivity contribution is 0.592. The molecule has 1 aliphatic heterocycles. The van der Waals surface area contributed by atoms with Crippen molar-refractivity contribution in [2.75, 3.05) is 10.8 Å². The maximum Gasteiger partial charge on any atom is 0.264 e. The number of hydrogen-bond acceptors (Lipinski definition) is 3. The molecule has 0 N–H and O–H groups in total. The summed E-state index contributed by atoms with van der Waals surface area (Å²) >= 11 is 2.16. The molecular formula is C22H18INO3S2. The van der Waals surface area contributed by atoms with Crippen LogP contribution in [0.15, 0.2) is 93.6 Å². The van der Waals surface area contributed by atoms with Gasteiger partial charge in [-0.3, -0.25) is 4.31 Å². The van der Waals surface area contributed by atoms with Crippen molar-refractivity contribution in [3.8, 4) is 0 Å². The van der Waals surface area contributed by atoms with E-state index in [1.54, 1.807) is 48.5 Å². The van der Waals surface area contributed by atoms with Crippen LogP contribution in [0.3, 0.4) is 0 Å². The van der Waals surface area contributed by atoms with E-state index in [2.05, 4.69) is 22.6 Å². The van der Waals surface area contributed by atoms with Gasteiger partial charge in [0, 0.05) is 3.58 Å². The Bertz CT molecular complexity index is 1220. The summed E-state index contributed by atoms with van der Waals surface area (Å²) in [7, 11) is -5.24. The first kappa shape index (κ1) is 20.3. The monoisotopic (exact) mass is 535 g/mol. The third kappa shape index (κ3) is 3.78. The molecular weight excluding hydrogens is 517 g/mol. The number of aryl methyl sites for hydroxylation is 1. The van der Waals surface area contributed by atoms with E-state index in [0.29, 0.717) is 15.5 Å². The van der Waals surface area contributed by atoms with Crippen molar-refractivity contribution in [1.29, 1.82) is 0 Å². The number of hydrogen-bond donors (Lipinski definition) is 0. The fourth-order valence-electron chi connectivity index (χ4n) is 3.18. The lowest BCUT2D eigenvalue weighted by atomic mass is 10.2. The molecule has 1 heterocycles. The highest BCUT2D eigenvalue weighted by molar-refractivity contribution is 14.1. The van der Waals surface area contributed by atoms with Crippen molar-refractivity contribution in [3.05, 3.63) is 94.9 Å². The maximum atomic E-state index is 13.5. The van der Waals surface area contributed by atoms with Crippen molar-refractivity contribution < 1.29 is 12.6 Å². The Morgan fingerprint density at radius 1 is 0.931 bits per heavy atom. The molecule has 0 spiro atoms. The molecule has 7 heteroatoms. The molecule has 0 bridgehead atoms. The van der Waals surface area contributed by atoms with Crippen molar-refractivity contribution in [1.82, 2.24) is 0 Å². The second kappa shape index (κ2) is 8.04. The van der Waals surface area contributed by atoms with E-state index in [1.165, 1.54) is 4.31 Å². The number of fused-ring (bicyclic) bond motifs is 1. The van der Waals surface area contributed by atoms with E-state index < -0.39 is 20.8 Å². The van der Waals surface area contributed by atoms with Gasteiger partial charge in [0.05, 0.1) is 37.7 Å². The molecule has 0 saturated heterocycles. The van der Waals surface area contributed by atoms with E-state index in [1.807, 2.05) is 37.3 Å². The first-order chi connectivity index (χ1) is 13.9. The average molecular weight is 535 g/mol. The minimum Gasteiger partial charge on any atom is -0.260 e.